The van der Waals surface area contributed by atoms with Crippen molar-refractivity contribution in [3.05, 3.63) is 35.4 Å². The molecule has 0 radical (unpaired) electrons. The summed E-state index contributed by atoms with van der Waals surface area (Å²) in [5.41, 5.74) is 1.55. The van der Waals surface area contributed by atoms with E-state index >= 15 is 0 Å². The van der Waals surface area contributed by atoms with E-state index in [-0.39, 0.29) is 18.1 Å². The van der Waals surface area contributed by atoms with E-state index in [1.54, 1.807) is 11.0 Å². The van der Waals surface area contributed by atoms with Crippen LogP contribution < -0.4 is 0 Å². The number of carbonyl (C=O) groups excluding carboxylic acids is 3. The second-order valence-corrected chi connectivity index (χ2v) is 5.19. The third kappa shape index (κ3) is 3.29. The van der Waals surface area contributed by atoms with Gasteiger partial charge in [-0.3, -0.25) is 14.4 Å². The van der Waals surface area contributed by atoms with Crippen LogP contribution in [-0.4, -0.2) is 42.8 Å². The highest BCUT2D eigenvalue weighted by Crippen LogP contribution is 2.19. The fourth-order valence-corrected chi connectivity index (χ4v) is 2.55. The summed E-state index contributed by atoms with van der Waals surface area (Å²) in [6.07, 6.45) is 0.514. The van der Waals surface area contributed by atoms with Crippen molar-refractivity contribution in [1.82, 2.24) is 4.90 Å². The molecule has 5 nitrogen and oxygen atoms in total. The van der Waals surface area contributed by atoms with Gasteiger partial charge in [-0.15, -0.1) is 0 Å². The lowest BCUT2D eigenvalue weighted by Gasteiger charge is -2.21. The smallest absolute Gasteiger partial charge is 0.316 e. The first-order valence-corrected chi connectivity index (χ1v) is 7.00. The molecule has 5 heteroatoms. The molecule has 0 N–H and O–H groups in total. The number of hydrogen-bond donors (Lipinski definition) is 0. The minimum atomic E-state index is -0.746. The third-order valence-electron chi connectivity index (χ3n) is 3.85. The van der Waals surface area contributed by atoms with Crippen molar-refractivity contribution in [2.45, 2.75) is 19.8 Å². The Hall–Kier alpha value is -2.17. The summed E-state index contributed by atoms with van der Waals surface area (Å²) < 4.78 is 4.65. The quantitative estimate of drug-likeness (QED) is 0.612. The van der Waals surface area contributed by atoms with E-state index in [4.69, 9.17) is 0 Å². The third-order valence-corrected chi connectivity index (χ3v) is 3.85. The second kappa shape index (κ2) is 6.52. The van der Waals surface area contributed by atoms with Gasteiger partial charge in [-0.2, -0.15) is 0 Å². The first-order valence-electron chi connectivity index (χ1n) is 7.00. The molecule has 1 atom stereocenters. The van der Waals surface area contributed by atoms with Crippen LogP contribution in [0.25, 0.3) is 0 Å². The first-order chi connectivity index (χ1) is 10.0. The number of aryl methyl sites for hydroxylation is 1. The fraction of sp³-hybridized carbons (Fsp3) is 0.438. The van der Waals surface area contributed by atoms with Crippen molar-refractivity contribution < 1.29 is 19.1 Å². The molecule has 1 aromatic rings. The number of hydrogen-bond acceptors (Lipinski definition) is 4. The summed E-state index contributed by atoms with van der Waals surface area (Å²) in [5, 5.41) is 0. The summed E-state index contributed by atoms with van der Waals surface area (Å²) in [6.45, 7) is 2.62. The molecule has 0 spiro atoms. The van der Waals surface area contributed by atoms with Gasteiger partial charge in [0.25, 0.3) is 5.91 Å². The van der Waals surface area contributed by atoms with E-state index in [0.29, 0.717) is 25.1 Å². The lowest BCUT2D eigenvalue weighted by Crippen LogP contribution is -2.32. The van der Waals surface area contributed by atoms with Crippen molar-refractivity contribution >= 4 is 17.7 Å². The first kappa shape index (κ1) is 15.2. The lowest BCUT2D eigenvalue weighted by molar-refractivity contribution is -0.149. The average molecular weight is 289 g/mol. The summed E-state index contributed by atoms with van der Waals surface area (Å²) >= 11 is 0. The Morgan fingerprint density at radius 2 is 1.95 bits per heavy atom. The van der Waals surface area contributed by atoms with Gasteiger partial charge in [-0.25, -0.2) is 0 Å². The molecule has 0 aromatic heterocycles. The van der Waals surface area contributed by atoms with Gasteiger partial charge in [0, 0.05) is 25.1 Å². The van der Waals surface area contributed by atoms with E-state index in [9.17, 15) is 14.4 Å². The zero-order chi connectivity index (χ0) is 15.4. The van der Waals surface area contributed by atoms with Gasteiger partial charge in [0.1, 0.15) is 11.7 Å². The van der Waals surface area contributed by atoms with Gasteiger partial charge < -0.3 is 9.64 Å². The van der Waals surface area contributed by atoms with E-state index in [2.05, 4.69) is 4.74 Å². The van der Waals surface area contributed by atoms with Crippen LogP contribution in [0.15, 0.2) is 24.3 Å². The topological polar surface area (TPSA) is 63.7 Å². The summed E-state index contributed by atoms with van der Waals surface area (Å²) in [5.74, 6) is -1.50. The number of Topliss-reactive ketones (excluding diaryl/α,β-unsaturated/α-hetero) is 1. The molecule has 1 aromatic carbocycles. The molecule has 1 aliphatic rings. The highest BCUT2D eigenvalue weighted by atomic mass is 16.5. The van der Waals surface area contributed by atoms with Crippen LogP contribution in [0.5, 0.6) is 0 Å². The normalized spacial score (nSPS) is 19.0. The van der Waals surface area contributed by atoms with E-state index in [0.717, 1.165) is 5.56 Å². The van der Waals surface area contributed by atoms with Crippen molar-refractivity contribution in [1.29, 1.82) is 0 Å². The predicted molar refractivity (Wildman–Crippen MR) is 76.8 cm³/mol. The van der Waals surface area contributed by atoms with E-state index in [1.807, 2.05) is 25.1 Å². The Kier molecular flexibility index (Phi) is 4.73. The number of rotatable bonds is 2. The Labute approximate surface area is 123 Å². The van der Waals surface area contributed by atoms with Crippen molar-refractivity contribution in [2.75, 3.05) is 20.2 Å². The molecule has 112 valence electrons. The van der Waals surface area contributed by atoms with Crippen LogP contribution in [-0.2, 0) is 14.3 Å². The largest absolute Gasteiger partial charge is 0.468 e. The molecule has 21 heavy (non-hydrogen) atoms. The highest BCUT2D eigenvalue weighted by Gasteiger charge is 2.32. The molecular formula is C16H19NO4. The molecule has 2 rings (SSSR count). The molecule has 0 aliphatic carbocycles. The highest BCUT2D eigenvalue weighted by molar-refractivity contribution is 6.00. The van der Waals surface area contributed by atoms with Gasteiger partial charge in [0.15, 0.2) is 0 Å². The number of methoxy groups -OCH3 is 1. The van der Waals surface area contributed by atoms with Crippen molar-refractivity contribution in [3.8, 4) is 0 Å². The van der Waals surface area contributed by atoms with Crippen LogP contribution >= 0.6 is 0 Å². The molecule has 1 amide bonds. The number of likely N-dealkylation sites (tertiary alicyclic amines) is 1. The fourth-order valence-electron chi connectivity index (χ4n) is 2.55. The van der Waals surface area contributed by atoms with Crippen LogP contribution in [0.2, 0.25) is 0 Å². The number of nitrogens with zero attached hydrogens (tertiary/aromatic N) is 1. The maximum atomic E-state index is 12.5. The number of ketones is 1. The minimum absolute atomic E-state index is 0.0913. The van der Waals surface area contributed by atoms with E-state index in [1.165, 1.54) is 7.11 Å². The molecular weight excluding hydrogens is 270 g/mol. The molecule has 1 aliphatic heterocycles. The predicted octanol–water partition coefficient (Wildman–Crippen LogP) is 1.59. The van der Waals surface area contributed by atoms with Gasteiger partial charge in [-0.1, -0.05) is 18.2 Å². The number of esters is 1. The number of benzene rings is 1. The van der Waals surface area contributed by atoms with Crippen molar-refractivity contribution in [3.63, 3.8) is 0 Å². The molecule has 1 heterocycles. The van der Waals surface area contributed by atoms with Crippen LogP contribution in [0.4, 0.5) is 0 Å². The van der Waals surface area contributed by atoms with E-state index < -0.39 is 11.9 Å². The van der Waals surface area contributed by atoms with Crippen LogP contribution in [0.1, 0.15) is 28.8 Å². The van der Waals surface area contributed by atoms with Gasteiger partial charge in [0.2, 0.25) is 0 Å². The Bertz CT molecular complexity index is 567. The van der Waals surface area contributed by atoms with Crippen LogP contribution in [0.3, 0.4) is 0 Å². The Balaban J connectivity index is 2.13. The zero-order valence-corrected chi connectivity index (χ0v) is 12.3. The summed E-state index contributed by atoms with van der Waals surface area (Å²) in [7, 11) is 1.27. The number of carbonyl (C=O) groups is 3. The average Bonchev–Trinajstić information content (AvgIpc) is 2.68. The lowest BCUT2D eigenvalue weighted by atomic mass is 10.00. The maximum absolute atomic E-state index is 12.5. The number of amides is 1. The summed E-state index contributed by atoms with van der Waals surface area (Å²) in [6, 6.07) is 7.36. The maximum Gasteiger partial charge on any atom is 0.316 e. The second-order valence-electron chi connectivity index (χ2n) is 5.19. The van der Waals surface area contributed by atoms with Gasteiger partial charge in [-0.05, 0) is 25.0 Å². The molecule has 0 saturated carbocycles. The monoisotopic (exact) mass is 289 g/mol. The SMILES string of the molecule is COC(=O)C1CCN(C(=O)c2ccccc2C)CCC1=O. The molecule has 0 bridgehead atoms. The number of ether oxygens (including phenoxy) is 1. The molecule has 1 unspecified atom stereocenters. The summed E-state index contributed by atoms with van der Waals surface area (Å²) in [4.78, 5) is 37.7. The van der Waals surface area contributed by atoms with Crippen LogP contribution in [0, 0.1) is 12.8 Å². The zero-order valence-electron chi connectivity index (χ0n) is 12.3. The Morgan fingerprint density at radius 3 is 2.62 bits per heavy atom. The molecule has 1 saturated heterocycles. The van der Waals surface area contributed by atoms with Crippen molar-refractivity contribution in [2.24, 2.45) is 5.92 Å². The van der Waals surface area contributed by atoms with Gasteiger partial charge in [0.05, 0.1) is 7.11 Å². The minimum Gasteiger partial charge on any atom is -0.468 e. The Morgan fingerprint density at radius 1 is 1.24 bits per heavy atom. The standard InChI is InChI=1S/C16H19NO4/c1-11-5-3-4-6-12(11)15(19)17-9-7-13(16(20)21-2)14(18)8-10-17/h3-6,13H,7-10H2,1-2H3. The molecule has 1 fully saturated rings. The van der Waals surface area contributed by atoms with Gasteiger partial charge >= 0.3 is 5.97 Å².